The van der Waals surface area contributed by atoms with E-state index in [1.165, 1.54) is 6.92 Å². The molecule has 1 unspecified atom stereocenters. The van der Waals surface area contributed by atoms with Gasteiger partial charge in [0.25, 0.3) is 9.84 Å². The van der Waals surface area contributed by atoms with E-state index >= 15 is 0 Å². The zero-order valence-electron chi connectivity index (χ0n) is 10.3. The summed E-state index contributed by atoms with van der Waals surface area (Å²) in [6.07, 6.45) is 0. The molecule has 112 valence electrons. The minimum atomic E-state index is -5.36. The van der Waals surface area contributed by atoms with Gasteiger partial charge in [0.15, 0.2) is 0 Å². The number of nitrogens with one attached hydrogen (secondary N) is 1. The SMILES string of the molecule is CC(CNc1ccc(S(=O)(=O)C(F)(F)F)cc1)C(=O)O. The normalized spacial score (nSPS) is 13.8. The Hall–Kier alpha value is -1.77. The van der Waals surface area contributed by atoms with Crippen LogP contribution in [-0.4, -0.2) is 31.5 Å². The Bertz CT molecular complexity index is 581. The Morgan fingerprint density at radius 3 is 2.20 bits per heavy atom. The molecule has 0 aliphatic rings. The third-order valence-electron chi connectivity index (χ3n) is 2.50. The average Bonchev–Trinajstić information content (AvgIpc) is 2.34. The van der Waals surface area contributed by atoms with Crippen molar-refractivity contribution in [1.82, 2.24) is 0 Å². The number of rotatable bonds is 5. The van der Waals surface area contributed by atoms with Gasteiger partial charge in [0.1, 0.15) is 0 Å². The summed E-state index contributed by atoms with van der Waals surface area (Å²) >= 11 is 0. The largest absolute Gasteiger partial charge is 0.501 e. The molecule has 0 spiro atoms. The summed E-state index contributed by atoms with van der Waals surface area (Å²) in [6.45, 7) is 1.53. The van der Waals surface area contributed by atoms with E-state index in [0.717, 1.165) is 24.3 Å². The van der Waals surface area contributed by atoms with Gasteiger partial charge >= 0.3 is 11.5 Å². The lowest BCUT2D eigenvalue weighted by Gasteiger charge is -2.11. The van der Waals surface area contributed by atoms with Crippen LogP contribution in [0.3, 0.4) is 0 Å². The quantitative estimate of drug-likeness (QED) is 0.870. The molecule has 0 saturated heterocycles. The van der Waals surface area contributed by atoms with Gasteiger partial charge in [0.2, 0.25) is 0 Å². The molecule has 0 heterocycles. The van der Waals surface area contributed by atoms with Crippen LogP contribution < -0.4 is 5.32 Å². The van der Waals surface area contributed by atoms with Crippen molar-refractivity contribution in [2.24, 2.45) is 5.92 Å². The van der Waals surface area contributed by atoms with E-state index < -0.39 is 32.1 Å². The predicted molar refractivity (Wildman–Crippen MR) is 65.0 cm³/mol. The Labute approximate surface area is 113 Å². The first-order chi connectivity index (χ1) is 9.05. The van der Waals surface area contributed by atoms with Crippen LogP contribution in [-0.2, 0) is 14.6 Å². The molecule has 1 aromatic carbocycles. The monoisotopic (exact) mass is 311 g/mol. The first-order valence-corrected chi connectivity index (χ1v) is 6.92. The van der Waals surface area contributed by atoms with Crippen LogP contribution in [0.4, 0.5) is 18.9 Å². The molecule has 0 aromatic heterocycles. The molecule has 9 heteroatoms. The van der Waals surface area contributed by atoms with Crippen LogP contribution in [0.1, 0.15) is 6.92 Å². The molecule has 0 saturated carbocycles. The Morgan fingerprint density at radius 2 is 1.80 bits per heavy atom. The number of carbonyl (C=O) groups is 1. The predicted octanol–water partition coefficient (Wildman–Crippen LogP) is 2.11. The third kappa shape index (κ3) is 3.62. The molecular formula is C11H12F3NO4S. The zero-order chi connectivity index (χ0) is 15.6. The number of benzene rings is 1. The summed E-state index contributed by atoms with van der Waals surface area (Å²) in [5.41, 5.74) is -5.01. The number of hydrogen-bond acceptors (Lipinski definition) is 4. The van der Waals surface area contributed by atoms with Crippen molar-refractivity contribution in [2.75, 3.05) is 11.9 Å². The minimum absolute atomic E-state index is 0.0701. The highest BCUT2D eigenvalue weighted by Crippen LogP contribution is 2.30. The van der Waals surface area contributed by atoms with Gasteiger partial charge in [-0.25, -0.2) is 8.42 Å². The first-order valence-electron chi connectivity index (χ1n) is 5.44. The van der Waals surface area contributed by atoms with Crippen LogP contribution in [0.5, 0.6) is 0 Å². The summed E-state index contributed by atoms with van der Waals surface area (Å²) in [7, 11) is -5.36. The second kappa shape index (κ2) is 5.70. The molecule has 0 bridgehead atoms. The molecule has 0 radical (unpaired) electrons. The number of carboxylic acid groups (broad SMARTS) is 1. The van der Waals surface area contributed by atoms with Crippen molar-refractivity contribution >= 4 is 21.5 Å². The van der Waals surface area contributed by atoms with Crippen molar-refractivity contribution in [1.29, 1.82) is 0 Å². The summed E-state index contributed by atoms with van der Waals surface area (Å²) in [6, 6.07) is 3.92. The maximum Gasteiger partial charge on any atom is 0.501 e. The van der Waals surface area contributed by atoms with Gasteiger partial charge in [-0.05, 0) is 24.3 Å². The standard InChI is InChI=1S/C11H12F3NO4S/c1-7(10(16)17)6-15-8-2-4-9(5-3-8)20(18,19)11(12,13)14/h2-5,7,15H,6H2,1H3,(H,16,17). The molecule has 1 rings (SSSR count). The lowest BCUT2D eigenvalue weighted by molar-refractivity contribution is -0.140. The number of anilines is 1. The lowest BCUT2D eigenvalue weighted by Crippen LogP contribution is -2.23. The van der Waals surface area contributed by atoms with Crippen molar-refractivity contribution < 1.29 is 31.5 Å². The van der Waals surface area contributed by atoms with Gasteiger partial charge in [0, 0.05) is 12.2 Å². The van der Waals surface area contributed by atoms with E-state index in [2.05, 4.69) is 5.32 Å². The van der Waals surface area contributed by atoms with E-state index in [4.69, 9.17) is 5.11 Å². The van der Waals surface area contributed by atoms with Crippen molar-refractivity contribution in [3.63, 3.8) is 0 Å². The van der Waals surface area contributed by atoms with Crippen LogP contribution in [0, 0.1) is 5.92 Å². The molecule has 0 aliphatic carbocycles. The second-order valence-corrected chi connectivity index (χ2v) is 6.03. The summed E-state index contributed by atoms with van der Waals surface area (Å²) in [5, 5.41) is 11.3. The second-order valence-electron chi connectivity index (χ2n) is 4.09. The molecule has 2 N–H and O–H groups in total. The number of sulfone groups is 1. The maximum atomic E-state index is 12.3. The van der Waals surface area contributed by atoms with Crippen LogP contribution in [0.15, 0.2) is 29.2 Å². The fourth-order valence-corrected chi connectivity index (χ4v) is 2.01. The van der Waals surface area contributed by atoms with Gasteiger partial charge < -0.3 is 10.4 Å². The number of halogens is 3. The number of carboxylic acids is 1. The van der Waals surface area contributed by atoms with Gasteiger partial charge in [-0.3, -0.25) is 4.79 Å². The van der Waals surface area contributed by atoms with Crippen LogP contribution in [0.2, 0.25) is 0 Å². The molecule has 0 aliphatic heterocycles. The van der Waals surface area contributed by atoms with Gasteiger partial charge in [-0.1, -0.05) is 6.92 Å². The fraction of sp³-hybridized carbons (Fsp3) is 0.364. The summed E-state index contributed by atoms with van der Waals surface area (Å²) in [4.78, 5) is 9.71. The smallest absolute Gasteiger partial charge is 0.481 e. The Kier molecular flexibility index (Phi) is 4.64. The average molecular weight is 311 g/mol. The molecule has 20 heavy (non-hydrogen) atoms. The van der Waals surface area contributed by atoms with E-state index in [1.54, 1.807) is 0 Å². The Morgan fingerprint density at radius 1 is 1.30 bits per heavy atom. The lowest BCUT2D eigenvalue weighted by atomic mass is 10.2. The molecule has 1 atom stereocenters. The van der Waals surface area contributed by atoms with Gasteiger partial charge in [-0.15, -0.1) is 0 Å². The summed E-state index contributed by atoms with van der Waals surface area (Å²) < 4.78 is 59.1. The number of hydrogen-bond donors (Lipinski definition) is 2. The van der Waals surface area contributed by atoms with Gasteiger partial charge in [-0.2, -0.15) is 13.2 Å². The highest BCUT2D eigenvalue weighted by molar-refractivity contribution is 7.92. The van der Waals surface area contributed by atoms with E-state index in [0.29, 0.717) is 5.69 Å². The van der Waals surface area contributed by atoms with E-state index in [-0.39, 0.29) is 6.54 Å². The summed E-state index contributed by atoms with van der Waals surface area (Å²) in [5.74, 6) is -1.71. The van der Waals surface area contributed by atoms with E-state index in [1.807, 2.05) is 0 Å². The Balaban J connectivity index is 2.83. The fourth-order valence-electron chi connectivity index (χ4n) is 1.24. The zero-order valence-corrected chi connectivity index (χ0v) is 11.1. The topological polar surface area (TPSA) is 83.5 Å². The van der Waals surface area contributed by atoms with Crippen molar-refractivity contribution in [2.45, 2.75) is 17.3 Å². The third-order valence-corrected chi connectivity index (χ3v) is 4.01. The number of aliphatic carboxylic acids is 1. The van der Waals surface area contributed by atoms with Crippen LogP contribution in [0.25, 0.3) is 0 Å². The van der Waals surface area contributed by atoms with E-state index in [9.17, 15) is 26.4 Å². The highest BCUT2D eigenvalue weighted by Gasteiger charge is 2.46. The molecular weight excluding hydrogens is 299 g/mol. The minimum Gasteiger partial charge on any atom is -0.481 e. The number of alkyl halides is 3. The first kappa shape index (κ1) is 16.3. The molecule has 1 aromatic rings. The van der Waals surface area contributed by atoms with Crippen molar-refractivity contribution in [3.8, 4) is 0 Å². The van der Waals surface area contributed by atoms with Gasteiger partial charge in [0.05, 0.1) is 10.8 Å². The van der Waals surface area contributed by atoms with Crippen molar-refractivity contribution in [3.05, 3.63) is 24.3 Å². The molecule has 5 nitrogen and oxygen atoms in total. The highest BCUT2D eigenvalue weighted by atomic mass is 32.2. The maximum absolute atomic E-state index is 12.3. The molecule has 0 fully saturated rings. The molecule has 0 amide bonds. The van der Waals surface area contributed by atoms with Crippen LogP contribution >= 0.6 is 0 Å².